The number of nitrogens with zero attached hydrogens (tertiary/aromatic N) is 3. The van der Waals surface area contributed by atoms with Gasteiger partial charge in [0.05, 0.1) is 11.3 Å². The summed E-state index contributed by atoms with van der Waals surface area (Å²) in [7, 11) is 2.10. The highest BCUT2D eigenvalue weighted by atomic mass is 16.4. The van der Waals surface area contributed by atoms with Crippen molar-refractivity contribution < 1.29 is 9.90 Å². The molecule has 0 fully saturated rings. The average Bonchev–Trinajstić information content (AvgIpc) is 2.84. The lowest BCUT2D eigenvalue weighted by atomic mass is 10.1. The van der Waals surface area contributed by atoms with E-state index in [4.69, 9.17) is 10.1 Å². The normalized spacial score (nSPS) is 15.0. The second-order valence-electron chi connectivity index (χ2n) is 6.54. The van der Waals surface area contributed by atoms with Crippen LogP contribution in [-0.4, -0.2) is 32.1 Å². The molecule has 3 rings (SSSR count). The summed E-state index contributed by atoms with van der Waals surface area (Å²) in [4.78, 5) is 18.2. The molecule has 1 aliphatic rings. The van der Waals surface area contributed by atoms with Crippen LogP contribution in [0.15, 0.2) is 24.3 Å². The van der Waals surface area contributed by atoms with Crippen molar-refractivity contribution in [3.05, 3.63) is 52.6 Å². The van der Waals surface area contributed by atoms with E-state index in [2.05, 4.69) is 30.4 Å². The Morgan fingerprint density at radius 3 is 2.87 bits per heavy atom. The largest absolute Gasteiger partial charge is 0.478 e. The van der Waals surface area contributed by atoms with Gasteiger partial charge in [0.15, 0.2) is 0 Å². The predicted octanol–water partition coefficient (Wildman–Crippen LogP) is 2.80. The van der Waals surface area contributed by atoms with Crippen molar-refractivity contribution in [2.75, 3.05) is 6.54 Å². The Labute approximate surface area is 136 Å². The van der Waals surface area contributed by atoms with E-state index in [1.807, 2.05) is 12.1 Å². The van der Waals surface area contributed by atoms with Crippen LogP contribution in [0.1, 0.15) is 52.9 Å². The number of rotatable bonds is 4. The molecule has 1 N–H and O–H groups in total. The Morgan fingerprint density at radius 1 is 1.39 bits per heavy atom. The molecule has 2 heterocycles. The number of aromatic carboxylic acids is 1. The van der Waals surface area contributed by atoms with E-state index in [0.29, 0.717) is 11.5 Å². The van der Waals surface area contributed by atoms with Crippen LogP contribution in [0.3, 0.4) is 0 Å². The summed E-state index contributed by atoms with van der Waals surface area (Å²) in [6.07, 6.45) is 0.990. The van der Waals surface area contributed by atoms with E-state index in [0.717, 1.165) is 43.1 Å². The van der Waals surface area contributed by atoms with Gasteiger partial charge in [-0.15, -0.1) is 0 Å². The minimum Gasteiger partial charge on any atom is -0.478 e. The summed E-state index contributed by atoms with van der Waals surface area (Å²) in [5, 5.41) is 9.10. The van der Waals surface area contributed by atoms with Gasteiger partial charge in [-0.05, 0) is 17.7 Å². The number of imidazole rings is 1. The van der Waals surface area contributed by atoms with Gasteiger partial charge in [-0.25, -0.2) is 9.78 Å². The summed E-state index contributed by atoms with van der Waals surface area (Å²) >= 11 is 0. The Balaban J connectivity index is 1.76. The van der Waals surface area contributed by atoms with Crippen molar-refractivity contribution in [3.8, 4) is 0 Å². The van der Waals surface area contributed by atoms with Gasteiger partial charge in [0.1, 0.15) is 5.82 Å². The zero-order chi connectivity index (χ0) is 16.6. The molecule has 0 aliphatic carbocycles. The lowest BCUT2D eigenvalue weighted by Crippen LogP contribution is -2.30. The third-order valence-electron chi connectivity index (χ3n) is 4.47. The Morgan fingerprint density at radius 2 is 2.17 bits per heavy atom. The van der Waals surface area contributed by atoms with Crippen molar-refractivity contribution in [2.24, 2.45) is 7.05 Å². The lowest BCUT2D eigenvalue weighted by molar-refractivity contribution is 0.0696. The number of carboxylic acid groups (broad SMARTS) is 1. The van der Waals surface area contributed by atoms with E-state index >= 15 is 0 Å². The first kappa shape index (κ1) is 15.7. The zero-order valence-corrected chi connectivity index (χ0v) is 13.9. The first-order chi connectivity index (χ1) is 11.0. The van der Waals surface area contributed by atoms with Crippen molar-refractivity contribution in [2.45, 2.75) is 39.3 Å². The average molecular weight is 313 g/mol. The minimum atomic E-state index is -0.876. The SMILES string of the molecule is CC(C)c1nc2c(n1C)CCN(Cc1cccc(C(=O)O)c1)C2. The van der Waals surface area contributed by atoms with Crippen LogP contribution in [-0.2, 0) is 26.6 Å². The van der Waals surface area contributed by atoms with E-state index in [1.54, 1.807) is 12.1 Å². The first-order valence-electron chi connectivity index (χ1n) is 8.04. The number of carbonyl (C=O) groups is 1. The summed E-state index contributed by atoms with van der Waals surface area (Å²) in [6, 6.07) is 7.19. The van der Waals surface area contributed by atoms with Crippen LogP contribution in [0.25, 0.3) is 0 Å². The van der Waals surface area contributed by atoms with Crippen LogP contribution < -0.4 is 0 Å². The van der Waals surface area contributed by atoms with E-state index in [1.165, 1.54) is 5.69 Å². The molecule has 5 nitrogen and oxygen atoms in total. The second-order valence-corrected chi connectivity index (χ2v) is 6.54. The highest BCUT2D eigenvalue weighted by molar-refractivity contribution is 5.87. The maximum atomic E-state index is 11.1. The van der Waals surface area contributed by atoms with Crippen LogP contribution in [0.5, 0.6) is 0 Å². The minimum absolute atomic E-state index is 0.347. The highest BCUT2D eigenvalue weighted by Gasteiger charge is 2.23. The molecule has 0 amide bonds. The molecule has 23 heavy (non-hydrogen) atoms. The lowest BCUT2D eigenvalue weighted by Gasteiger charge is -2.26. The molecule has 1 aromatic heterocycles. The van der Waals surface area contributed by atoms with Gasteiger partial charge in [0.25, 0.3) is 0 Å². The number of benzene rings is 1. The topological polar surface area (TPSA) is 58.4 Å². The number of hydrogen-bond acceptors (Lipinski definition) is 3. The predicted molar refractivity (Wildman–Crippen MR) is 88.5 cm³/mol. The number of carboxylic acids is 1. The van der Waals surface area contributed by atoms with E-state index in [9.17, 15) is 4.79 Å². The second kappa shape index (κ2) is 6.16. The molecule has 0 saturated heterocycles. The monoisotopic (exact) mass is 313 g/mol. The Hall–Kier alpha value is -2.14. The fraction of sp³-hybridized carbons (Fsp3) is 0.444. The van der Waals surface area contributed by atoms with Crippen LogP contribution >= 0.6 is 0 Å². The maximum absolute atomic E-state index is 11.1. The molecule has 0 atom stereocenters. The molecule has 1 aromatic carbocycles. The number of fused-ring (bicyclic) bond motifs is 1. The Bertz CT molecular complexity index is 734. The quantitative estimate of drug-likeness (QED) is 0.943. The third-order valence-corrected chi connectivity index (χ3v) is 4.47. The third kappa shape index (κ3) is 3.15. The molecule has 122 valence electrons. The van der Waals surface area contributed by atoms with Crippen molar-refractivity contribution in [1.29, 1.82) is 0 Å². The number of aromatic nitrogens is 2. The van der Waals surface area contributed by atoms with Gasteiger partial charge in [-0.2, -0.15) is 0 Å². The van der Waals surface area contributed by atoms with Crippen LogP contribution in [0, 0.1) is 0 Å². The first-order valence-corrected chi connectivity index (χ1v) is 8.04. The van der Waals surface area contributed by atoms with Gasteiger partial charge in [-0.3, -0.25) is 4.90 Å². The van der Waals surface area contributed by atoms with Gasteiger partial charge in [-0.1, -0.05) is 26.0 Å². The fourth-order valence-electron chi connectivity index (χ4n) is 3.32. The maximum Gasteiger partial charge on any atom is 0.335 e. The molecule has 0 spiro atoms. The molecule has 5 heteroatoms. The fourth-order valence-corrected chi connectivity index (χ4v) is 3.32. The Kier molecular flexibility index (Phi) is 4.22. The van der Waals surface area contributed by atoms with Crippen molar-refractivity contribution >= 4 is 5.97 Å². The molecule has 1 aliphatic heterocycles. The van der Waals surface area contributed by atoms with Crippen LogP contribution in [0.2, 0.25) is 0 Å². The van der Waals surface area contributed by atoms with Crippen molar-refractivity contribution in [3.63, 3.8) is 0 Å². The van der Waals surface area contributed by atoms with Crippen molar-refractivity contribution in [1.82, 2.24) is 14.5 Å². The standard InChI is InChI=1S/C18H23N3O2/c1-12(2)17-19-15-11-21(8-7-16(15)20(17)3)10-13-5-4-6-14(9-13)18(22)23/h4-6,9,12H,7-8,10-11H2,1-3H3,(H,22,23). The molecule has 0 saturated carbocycles. The van der Waals surface area contributed by atoms with Gasteiger partial charge in [0, 0.05) is 44.7 Å². The number of hydrogen-bond donors (Lipinski definition) is 1. The molecule has 0 bridgehead atoms. The van der Waals surface area contributed by atoms with Gasteiger partial charge < -0.3 is 9.67 Å². The molecule has 2 aromatic rings. The van der Waals surface area contributed by atoms with E-state index < -0.39 is 5.97 Å². The zero-order valence-electron chi connectivity index (χ0n) is 13.9. The molecular formula is C18H23N3O2. The summed E-state index contributed by atoms with van der Waals surface area (Å²) in [5.41, 5.74) is 3.88. The van der Waals surface area contributed by atoms with Crippen LogP contribution in [0.4, 0.5) is 0 Å². The highest BCUT2D eigenvalue weighted by Crippen LogP contribution is 2.24. The summed E-state index contributed by atoms with van der Waals surface area (Å²) in [6.45, 7) is 6.90. The summed E-state index contributed by atoms with van der Waals surface area (Å²) < 4.78 is 2.24. The summed E-state index contributed by atoms with van der Waals surface area (Å²) in [5.74, 6) is 0.690. The van der Waals surface area contributed by atoms with Gasteiger partial charge >= 0.3 is 5.97 Å². The molecular weight excluding hydrogens is 290 g/mol. The molecule has 0 unspecified atom stereocenters. The van der Waals surface area contributed by atoms with E-state index in [-0.39, 0.29) is 0 Å². The molecule has 0 radical (unpaired) electrons. The smallest absolute Gasteiger partial charge is 0.335 e. The van der Waals surface area contributed by atoms with Gasteiger partial charge in [0.2, 0.25) is 0 Å².